The lowest BCUT2D eigenvalue weighted by Gasteiger charge is -2.47. The lowest BCUT2D eigenvalue weighted by Crippen LogP contribution is -2.66. The molecule has 0 N–H and O–H groups in total. The fourth-order valence-electron chi connectivity index (χ4n) is 7.14. The number of carbonyl (C=O) groups excluding carboxylic acids is 8. The van der Waals surface area contributed by atoms with Gasteiger partial charge in [-0.1, -0.05) is 83.1 Å². The highest BCUT2D eigenvalue weighted by molar-refractivity contribution is 14.1. The van der Waals surface area contributed by atoms with E-state index in [2.05, 4.69) is 113 Å². The van der Waals surface area contributed by atoms with Crippen molar-refractivity contribution in [2.24, 2.45) is 35.5 Å². The van der Waals surface area contributed by atoms with Crippen LogP contribution in [0.5, 0.6) is 11.5 Å². The van der Waals surface area contributed by atoms with E-state index in [1.54, 1.807) is 27.7 Å². The molecule has 2 aliphatic heterocycles. The Balaban J connectivity index is 2.03. The van der Waals surface area contributed by atoms with Gasteiger partial charge in [0.25, 0.3) is 0 Å². The molecule has 2 aliphatic rings. The molecule has 2 heterocycles. The first-order chi connectivity index (χ1) is 36.8. The van der Waals surface area contributed by atoms with Crippen LogP contribution in [0.2, 0.25) is 0 Å². The third-order valence-electron chi connectivity index (χ3n) is 11.4. The molecular formula is C53H67I5O21. The van der Waals surface area contributed by atoms with E-state index in [9.17, 15) is 38.4 Å². The largest absolute Gasteiger partial charge is 0.480 e. The number of aryl methyl sites for hydroxylation is 1. The van der Waals surface area contributed by atoms with Crippen molar-refractivity contribution < 1.29 is 99.9 Å². The molecular weight excluding hydrogens is 1610 g/mol. The molecule has 2 saturated heterocycles. The summed E-state index contributed by atoms with van der Waals surface area (Å²) in [6.45, 7) is 16.5. The van der Waals surface area contributed by atoms with E-state index in [4.69, 9.17) is 61.6 Å². The number of esters is 8. The van der Waals surface area contributed by atoms with Gasteiger partial charge in [-0.05, 0) is 150 Å². The van der Waals surface area contributed by atoms with E-state index < -0.39 is 171 Å². The zero-order chi connectivity index (χ0) is 59.4. The van der Waals surface area contributed by atoms with Crippen molar-refractivity contribution >= 4 is 161 Å². The Hall–Kier alpha value is -2.67. The Morgan fingerprint density at radius 2 is 0.873 bits per heavy atom. The second-order valence-electron chi connectivity index (χ2n) is 20.3. The van der Waals surface area contributed by atoms with Crippen LogP contribution >= 0.6 is 113 Å². The Morgan fingerprint density at radius 1 is 0.481 bits per heavy atom. The van der Waals surface area contributed by atoms with Gasteiger partial charge in [0.15, 0.2) is 43.7 Å². The van der Waals surface area contributed by atoms with Gasteiger partial charge >= 0.3 is 47.8 Å². The Bertz CT molecular complexity index is 2470. The van der Waals surface area contributed by atoms with Gasteiger partial charge in [-0.2, -0.15) is 0 Å². The van der Waals surface area contributed by atoms with Gasteiger partial charge in [0.05, 0.1) is 49.8 Å². The topological polar surface area (TPSA) is 257 Å². The molecule has 0 aromatic heterocycles. The molecule has 21 nitrogen and oxygen atoms in total. The third-order valence-corrected chi connectivity index (χ3v) is 15.3. The molecule has 2 fully saturated rings. The summed E-state index contributed by atoms with van der Waals surface area (Å²) in [7, 11) is 0. The summed E-state index contributed by atoms with van der Waals surface area (Å²) in [5.74, 6) is -13.7. The number of halogens is 5. The van der Waals surface area contributed by atoms with Crippen molar-refractivity contribution in [3.63, 3.8) is 0 Å². The van der Waals surface area contributed by atoms with Crippen LogP contribution in [0, 0.1) is 60.3 Å². The highest BCUT2D eigenvalue weighted by atomic mass is 127. The maximum absolute atomic E-state index is 14.4. The molecule has 79 heavy (non-hydrogen) atoms. The molecule has 26 heteroatoms. The summed E-state index contributed by atoms with van der Waals surface area (Å²) < 4.78 is 83.4. The summed E-state index contributed by atoms with van der Waals surface area (Å²) >= 11 is 10.4. The fourth-order valence-corrected chi connectivity index (χ4v) is 13.4. The highest BCUT2D eigenvalue weighted by Crippen LogP contribution is 2.43. The second-order valence-corrected chi connectivity index (χ2v) is 26.2. The van der Waals surface area contributed by atoms with Crippen LogP contribution in [0.1, 0.15) is 88.6 Å². The van der Waals surface area contributed by atoms with Crippen LogP contribution < -0.4 is 9.47 Å². The normalized spacial score (nSPS) is 22.9. The van der Waals surface area contributed by atoms with Crippen molar-refractivity contribution in [3.05, 3.63) is 47.7 Å². The average Bonchev–Trinajstić information content (AvgIpc) is 3.70. The van der Waals surface area contributed by atoms with Crippen molar-refractivity contribution in [2.75, 3.05) is 33.0 Å². The Morgan fingerprint density at radius 3 is 1.33 bits per heavy atom. The fraction of sp³-hybridized carbons (Fsp3) is 0.623. The minimum absolute atomic E-state index is 0.345. The quantitative estimate of drug-likeness (QED) is 0.0513. The van der Waals surface area contributed by atoms with Crippen molar-refractivity contribution in [1.29, 1.82) is 0 Å². The molecule has 0 aliphatic carbocycles. The molecule has 440 valence electrons. The predicted molar refractivity (Wildman–Crippen MR) is 321 cm³/mol. The van der Waals surface area contributed by atoms with Gasteiger partial charge in [-0.3, -0.25) is 28.8 Å². The number of ether oxygens (including phenoxy) is 13. The number of hydrogen-bond donors (Lipinski definition) is 0. The second kappa shape index (κ2) is 31.3. The first kappa shape index (κ1) is 68.8. The standard InChI is InChI=1S/C53H67I5O21/c1-23(2)46(61)69-18-35-41(75-49(64)26(7)8)43(73-37(59)20-67-40-33(57)16-30(54)17-34(40)58)44(77-51(66)28(11)12)52(72-35)79-53(22-71-48(63)25(5)6)45(74-38(60)21-68-39-31(55)14-29(13)15-32(39)56)42(76-50(65)27(9)10)36(78-53)19-70-47(62)24(3)4/h14-17,23-28,35-36,41-45,52H,18-22H2,1-13H3/t35-,36-,41-,42-,43+,44-,45+,52-,53+/m1/s1. The van der Waals surface area contributed by atoms with Gasteiger partial charge < -0.3 is 61.6 Å². The van der Waals surface area contributed by atoms with Crippen LogP contribution in [0.3, 0.4) is 0 Å². The molecule has 0 spiro atoms. The van der Waals surface area contributed by atoms with Crippen LogP contribution in [-0.2, 0) is 90.5 Å². The minimum atomic E-state index is -2.71. The summed E-state index contributed by atoms with van der Waals surface area (Å²) in [5, 5.41) is 0. The molecule has 2 aromatic carbocycles. The molecule has 4 rings (SSSR count). The smallest absolute Gasteiger partial charge is 0.344 e. The molecule has 0 saturated carbocycles. The maximum Gasteiger partial charge on any atom is 0.344 e. The SMILES string of the molecule is Cc1cc(I)c(OCC(=O)O[C@H]2[C@H](OC(=O)C(C)C)[C@@H](COC(=O)C(C)C)O[C@@]2(COC(=O)C(C)C)O[C@H]2O[C@H](COC(=O)C(C)C)[C@@H](OC(=O)C(C)C)[C@H](OC(=O)COc3c(I)cc(I)cc3I)[C@H]2OC(=O)C(C)C)c(I)c1. The molecule has 9 atom stereocenters. The van der Waals surface area contributed by atoms with Crippen LogP contribution in [-0.4, -0.2) is 136 Å². The molecule has 2 aromatic rings. The van der Waals surface area contributed by atoms with E-state index in [0.717, 1.165) is 9.13 Å². The number of rotatable bonds is 25. The van der Waals surface area contributed by atoms with E-state index in [0.29, 0.717) is 25.8 Å². The molecule has 0 bridgehead atoms. The monoisotopic (exact) mass is 1670 g/mol. The van der Waals surface area contributed by atoms with Crippen molar-refractivity contribution in [3.8, 4) is 11.5 Å². The average molecular weight is 1670 g/mol. The maximum atomic E-state index is 14.4. The number of carbonyl (C=O) groups is 8. The highest BCUT2D eigenvalue weighted by Gasteiger charge is 2.65. The van der Waals surface area contributed by atoms with Crippen molar-refractivity contribution in [2.45, 2.75) is 145 Å². The van der Waals surface area contributed by atoms with Gasteiger partial charge in [0.1, 0.15) is 43.5 Å². The molecule has 0 amide bonds. The van der Waals surface area contributed by atoms with Gasteiger partial charge in [0, 0.05) is 3.57 Å². The Kier molecular flexibility index (Phi) is 27.3. The van der Waals surface area contributed by atoms with Crippen molar-refractivity contribution in [1.82, 2.24) is 0 Å². The molecule has 0 radical (unpaired) electrons. The van der Waals surface area contributed by atoms with Crippen LogP contribution in [0.15, 0.2) is 24.3 Å². The first-order valence-corrected chi connectivity index (χ1v) is 30.6. The first-order valence-electron chi connectivity index (χ1n) is 25.2. The summed E-state index contributed by atoms with van der Waals surface area (Å²) in [6, 6.07) is 7.32. The van der Waals surface area contributed by atoms with E-state index in [-0.39, 0.29) is 0 Å². The number of benzene rings is 2. The van der Waals surface area contributed by atoms with Gasteiger partial charge in [0.2, 0.25) is 12.1 Å². The predicted octanol–water partition coefficient (Wildman–Crippen LogP) is 8.44. The lowest BCUT2D eigenvalue weighted by molar-refractivity contribution is -0.385. The third kappa shape index (κ3) is 19.7. The summed E-state index contributed by atoms with van der Waals surface area (Å²) in [5.41, 5.74) is 0.924. The van der Waals surface area contributed by atoms with Gasteiger partial charge in [-0.25, -0.2) is 9.59 Å². The molecule has 0 unspecified atom stereocenters. The summed E-state index contributed by atoms with van der Waals surface area (Å²) in [6.07, 6.45) is -14.7. The zero-order valence-electron chi connectivity index (χ0n) is 45.9. The van der Waals surface area contributed by atoms with Crippen LogP contribution in [0.25, 0.3) is 0 Å². The lowest BCUT2D eigenvalue weighted by atomic mass is 9.97. The van der Waals surface area contributed by atoms with Gasteiger partial charge in [-0.15, -0.1) is 0 Å². The van der Waals surface area contributed by atoms with E-state index in [1.165, 1.54) is 55.4 Å². The minimum Gasteiger partial charge on any atom is -0.480 e. The van der Waals surface area contributed by atoms with E-state index >= 15 is 0 Å². The summed E-state index contributed by atoms with van der Waals surface area (Å²) in [4.78, 5) is 110. The zero-order valence-corrected chi connectivity index (χ0v) is 56.7. The number of hydrogen-bond acceptors (Lipinski definition) is 21. The Labute approximate surface area is 528 Å². The van der Waals surface area contributed by atoms with Crippen LogP contribution in [0.4, 0.5) is 0 Å². The van der Waals surface area contributed by atoms with E-state index in [1.807, 2.05) is 31.2 Å².